The summed E-state index contributed by atoms with van der Waals surface area (Å²) >= 11 is 0. The molecule has 1 saturated heterocycles. The zero-order valence-corrected chi connectivity index (χ0v) is 11.1. The van der Waals surface area contributed by atoms with Crippen LogP contribution >= 0.6 is 0 Å². The van der Waals surface area contributed by atoms with E-state index in [1.54, 1.807) is 7.11 Å². The van der Waals surface area contributed by atoms with Gasteiger partial charge in [-0.2, -0.15) is 0 Å². The molecule has 0 radical (unpaired) electrons. The van der Waals surface area contributed by atoms with Gasteiger partial charge in [0.05, 0.1) is 12.7 Å². The van der Waals surface area contributed by atoms with E-state index in [4.69, 9.17) is 4.74 Å². The third-order valence-corrected chi connectivity index (χ3v) is 4.79. The minimum absolute atomic E-state index is 0.234. The number of ether oxygens (including phenoxy) is 1. The number of rotatable bonds is 2. The predicted octanol–water partition coefficient (Wildman–Crippen LogP) is 1.90. The van der Waals surface area contributed by atoms with Crippen LogP contribution in [0.4, 0.5) is 0 Å². The van der Waals surface area contributed by atoms with Crippen molar-refractivity contribution in [3.8, 4) is 5.75 Å². The number of aliphatic hydroxyl groups is 1. The molecule has 1 aromatic rings. The zero-order chi connectivity index (χ0) is 12.8. The maximum absolute atomic E-state index is 11.0. The highest BCUT2D eigenvalue weighted by atomic mass is 16.5. The summed E-state index contributed by atoms with van der Waals surface area (Å²) in [4.78, 5) is 0. The van der Waals surface area contributed by atoms with E-state index >= 15 is 0 Å². The van der Waals surface area contributed by atoms with Gasteiger partial charge in [-0.15, -0.1) is 0 Å². The quantitative estimate of drug-likeness (QED) is 0.838. The zero-order valence-electron chi connectivity index (χ0n) is 11.1. The Morgan fingerprint density at radius 1 is 1.44 bits per heavy atom. The molecule has 2 aliphatic rings. The Balaban J connectivity index is 1.92. The molecule has 1 aromatic carbocycles. The van der Waals surface area contributed by atoms with Crippen LogP contribution in [0.15, 0.2) is 24.3 Å². The Labute approximate surface area is 108 Å². The van der Waals surface area contributed by atoms with Gasteiger partial charge in [-0.1, -0.05) is 19.1 Å². The van der Waals surface area contributed by atoms with Crippen LogP contribution in [0.25, 0.3) is 0 Å². The predicted molar refractivity (Wildman–Crippen MR) is 70.6 cm³/mol. The monoisotopic (exact) mass is 247 g/mol. The molecular formula is C15H21NO2. The maximum atomic E-state index is 11.0. The highest BCUT2D eigenvalue weighted by molar-refractivity contribution is 5.34. The van der Waals surface area contributed by atoms with Crippen LogP contribution in [0, 0.1) is 11.3 Å². The summed E-state index contributed by atoms with van der Waals surface area (Å²) in [6.45, 7) is 4.34. The molecular weight excluding hydrogens is 226 g/mol. The lowest BCUT2D eigenvalue weighted by Gasteiger charge is -2.27. The summed E-state index contributed by atoms with van der Waals surface area (Å²) in [6.07, 6.45) is 1.69. The van der Waals surface area contributed by atoms with Gasteiger partial charge in [-0.05, 0) is 48.4 Å². The third-order valence-electron chi connectivity index (χ3n) is 4.79. The van der Waals surface area contributed by atoms with E-state index in [1.807, 2.05) is 24.3 Å². The van der Waals surface area contributed by atoms with Gasteiger partial charge in [-0.3, -0.25) is 0 Å². The fourth-order valence-electron chi connectivity index (χ4n) is 3.73. The van der Waals surface area contributed by atoms with Gasteiger partial charge in [0.1, 0.15) is 5.75 Å². The largest absolute Gasteiger partial charge is 0.497 e. The van der Waals surface area contributed by atoms with Crippen LogP contribution in [-0.2, 0) is 5.60 Å². The van der Waals surface area contributed by atoms with E-state index in [0.29, 0.717) is 5.92 Å². The number of fused-ring (bicyclic) bond motifs is 1. The minimum Gasteiger partial charge on any atom is -0.497 e. The Morgan fingerprint density at radius 3 is 3.00 bits per heavy atom. The lowest BCUT2D eigenvalue weighted by Crippen LogP contribution is -2.28. The summed E-state index contributed by atoms with van der Waals surface area (Å²) in [5, 5.41) is 14.4. The normalized spacial score (nSPS) is 38.7. The van der Waals surface area contributed by atoms with E-state index in [9.17, 15) is 5.11 Å². The summed E-state index contributed by atoms with van der Waals surface area (Å²) < 4.78 is 5.26. The molecule has 1 heterocycles. The number of hydrogen-bond donors (Lipinski definition) is 2. The van der Waals surface area contributed by atoms with E-state index in [-0.39, 0.29) is 5.41 Å². The molecule has 18 heavy (non-hydrogen) atoms. The van der Waals surface area contributed by atoms with Gasteiger partial charge < -0.3 is 15.2 Å². The molecule has 0 aromatic heterocycles. The van der Waals surface area contributed by atoms with Crippen molar-refractivity contribution >= 4 is 0 Å². The first-order valence-electron chi connectivity index (χ1n) is 6.63. The van der Waals surface area contributed by atoms with Crippen LogP contribution in [0.2, 0.25) is 0 Å². The molecule has 98 valence electrons. The molecule has 3 nitrogen and oxygen atoms in total. The van der Waals surface area contributed by atoms with Crippen LogP contribution < -0.4 is 10.1 Å². The van der Waals surface area contributed by atoms with E-state index < -0.39 is 5.60 Å². The summed E-state index contributed by atoms with van der Waals surface area (Å²) in [5.74, 6) is 1.40. The highest BCUT2D eigenvalue weighted by Gasteiger charge is 2.54. The van der Waals surface area contributed by atoms with Crippen molar-refractivity contribution in [1.82, 2.24) is 5.32 Å². The molecule has 0 amide bonds. The molecule has 3 heteroatoms. The fourth-order valence-corrected chi connectivity index (χ4v) is 3.73. The number of benzene rings is 1. The summed E-state index contributed by atoms with van der Waals surface area (Å²) in [5.41, 5.74) is 0.547. The van der Waals surface area contributed by atoms with Crippen molar-refractivity contribution in [2.24, 2.45) is 11.3 Å². The van der Waals surface area contributed by atoms with Crippen LogP contribution in [0.5, 0.6) is 5.75 Å². The number of hydrogen-bond acceptors (Lipinski definition) is 3. The van der Waals surface area contributed by atoms with Crippen LogP contribution in [0.1, 0.15) is 25.3 Å². The van der Waals surface area contributed by atoms with Gasteiger partial charge >= 0.3 is 0 Å². The third kappa shape index (κ3) is 1.73. The average molecular weight is 247 g/mol. The Morgan fingerprint density at radius 2 is 2.28 bits per heavy atom. The van der Waals surface area contributed by atoms with Crippen molar-refractivity contribution in [3.05, 3.63) is 29.8 Å². The molecule has 1 saturated carbocycles. The molecule has 2 N–H and O–H groups in total. The van der Waals surface area contributed by atoms with Crippen molar-refractivity contribution < 1.29 is 9.84 Å². The molecule has 3 unspecified atom stereocenters. The highest BCUT2D eigenvalue weighted by Crippen LogP contribution is 2.54. The Bertz CT molecular complexity index is 462. The van der Waals surface area contributed by atoms with Gasteiger partial charge in [-0.25, -0.2) is 0 Å². The topological polar surface area (TPSA) is 41.5 Å². The van der Waals surface area contributed by atoms with Crippen LogP contribution in [-0.4, -0.2) is 25.3 Å². The van der Waals surface area contributed by atoms with Gasteiger partial charge in [0.15, 0.2) is 0 Å². The Kier molecular flexibility index (Phi) is 2.65. The molecule has 3 atom stereocenters. The first kappa shape index (κ1) is 12.0. The van der Waals surface area contributed by atoms with Gasteiger partial charge in [0, 0.05) is 6.54 Å². The average Bonchev–Trinajstić information content (AvgIpc) is 2.81. The molecule has 0 bridgehead atoms. The fraction of sp³-hybridized carbons (Fsp3) is 0.600. The Hall–Kier alpha value is -1.06. The van der Waals surface area contributed by atoms with Crippen molar-refractivity contribution in [2.45, 2.75) is 25.4 Å². The molecule has 1 aliphatic carbocycles. The SMILES string of the molecule is COc1cccc(C2(O)CC3CNCC3(C)C2)c1. The van der Waals surface area contributed by atoms with E-state index in [0.717, 1.165) is 37.2 Å². The second kappa shape index (κ2) is 3.97. The number of nitrogens with one attached hydrogen (secondary N) is 1. The molecule has 0 spiro atoms. The van der Waals surface area contributed by atoms with Crippen molar-refractivity contribution in [1.29, 1.82) is 0 Å². The lowest BCUT2D eigenvalue weighted by molar-refractivity contribution is 0.0300. The first-order valence-corrected chi connectivity index (χ1v) is 6.63. The first-order chi connectivity index (χ1) is 8.56. The molecule has 1 aliphatic heterocycles. The van der Waals surface area contributed by atoms with E-state index in [2.05, 4.69) is 12.2 Å². The second-order valence-corrected chi connectivity index (χ2v) is 6.13. The standard InChI is InChI=1S/C15H21NO2/c1-14-9-15(17,7-12(14)8-16-10-14)11-4-3-5-13(6-11)18-2/h3-6,12,16-17H,7-10H2,1-2H3. The number of methoxy groups -OCH3 is 1. The minimum atomic E-state index is -0.684. The van der Waals surface area contributed by atoms with Gasteiger partial charge in [0.2, 0.25) is 0 Å². The summed E-state index contributed by atoms with van der Waals surface area (Å²) in [6, 6.07) is 7.87. The van der Waals surface area contributed by atoms with Gasteiger partial charge in [0.25, 0.3) is 0 Å². The lowest BCUT2D eigenvalue weighted by atomic mass is 9.82. The molecule has 3 rings (SSSR count). The van der Waals surface area contributed by atoms with Crippen molar-refractivity contribution in [2.75, 3.05) is 20.2 Å². The van der Waals surface area contributed by atoms with E-state index in [1.165, 1.54) is 0 Å². The smallest absolute Gasteiger partial charge is 0.119 e. The maximum Gasteiger partial charge on any atom is 0.119 e. The van der Waals surface area contributed by atoms with Crippen LogP contribution in [0.3, 0.4) is 0 Å². The van der Waals surface area contributed by atoms with Crippen molar-refractivity contribution in [3.63, 3.8) is 0 Å². The molecule has 2 fully saturated rings. The summed E-state index contributed by atoms with van der Waals surface area (Å²) in [7, 11) is 1.66. The second-order valence-electron chi connectivity index (χ2n) is 6.13.